The van der Waals surface area contributed by atoms with E-state index in [2.05, 4.69) is 39.1 Å². The number of nitrogens with two attached hydrogens (primary N) is 1. The fourth-order valence-electron chi connectivity index (χ4n) is 4.71. The van der Waals surface area contributed by atoms with E-state index in [-0.39, 0.29) is 16.9 Å². The number of fused-ring (bicyclic) bond motifs is 1. The topological polar surface area (TPSA) is 120 Å². The van der Waals surface area contributed by atoms with E-state index in [1.807, 2.05) is 73.7 Å². The maximum atomic E-state index is 14.2. The highest BCUT2D eigenvalue weighted by atomic mass is 16.2. The lowest BCUT2D eigenvalue weighted by Gasteiger charge is -2.21. The second-order valence-electron chi connectivity index (χ2n) is 9.40. The highest BCUT2D eigenvalue weighted by Crippen LogP contribution is 2.26. The van der Waals surface area contributed by atoms with Crippen LogP contribution >= 0.6 is 0 Å². The zero-order valence-electron chi connectivity index (χ0n) is 22.8. The second kappa shape index (κ2) is 11.6. The van der Waals surface area contributed by atoms with Crippen LogP contribution in [0.15, 0.2) is 96.6 Å². The van der Waals surface area contributed by atoms with Crippen molar-refractivity contribution in [3.8, 4) is 17.5 Å². The standard InChI is InChI=1S/C32H29N7O2/c1-4-17-35-30-28(29(33)37-38(30)3)31(40)36-21(2)26-19-24-12-8-11-23(16-15-22-10-9-18-34-20-22)27(24)32(41)39(26)25-13-6-5-7-14-25/h4-14,18-21,35H,1,17H2,2-3H3,(H2,33,37)(H,36,40). The number of pyridine rings is 2. The van der Waals surface area contributed by atoms with Gasteiger partial charge < -0.3 is 16.4 Å². The van der Waals surface area contributed by atoms with Crippen molar-refractivity contribution in [1.29, 1.82) is 0 Å². The van der Waals surface area contributed by atoms with Gasteiger partial charge in [0.2, 0.25) is 0 Å². The number of amides is 1. The van der Waals surface area contributed by atoms with Crippen LogP contribution in [0.4, 0.5) is 11.6 Å². The Bertz CT molecular complexity index is 1860. The van der Waals surface area contributed by atoms with Gasteiger partial charge in [-0.1, -0.05) is 48.2 Å². The first-order valence-corrected chi connectivity index (χ1v) is 13.0. The van der Waals surface area contributed by atoms with Gasteiger partial charge in [-0.2, -0.15) is 5.10 Å². The number of hydrogen-bond acceptors (Lipinski definition) is 6. The SMILES string of the molecule is C=CCNc1c(C(=O)NC(C)c2cc3cccc(C#Cc4cccnc4)c3c(=O)n2-c2ccccc2)c(N)nn1C. The van der Waals surface area contributed by atoms with Crippen LogP contribution in [0.25, 0.3) is 16.5 Å². The van der Waals surface area contributed by atoms with Gasteiger partial charge in [-0.25, -0.2) is 0 Å². The van der Waals surface area contributed by atoms with Crippen LogP contribution in [0, 0.1) is 11.8 Å². The summed E-state index contributed by atoms with van der Waals surface area (Å²) in [6.07, 6.45) is 5.04. The van der Waals surface area contributed by atoms with Gasteiger partial charge in [-0.05, 0) is 48.7 Å². The van der Waals surface area contributed by atoms with Crippen LogP contribution in [-0.4, -0.2) is 31.8 Å². The molecule has 1 unspecified atom stereocenters. The van der Waals surface area contributed by atoms with Gasteiger partial charge in [0.15, 0.2) is 5.82 Å². The third kappa shape index (κ3) is 5.44. The molecule has 204 valence electrons. The number of rotatable bonds is 7. The minimum absolute atomic E-state index is 0.0968. The maximum Gasteiger partial charge on any atom is 0.264 e. The van der Waals surface area contributed by atoms with E-state index in [0.29, 0.717) is 40.1 Å². The van der Waals surface area contributed by atoms with E-state index < -0.39 is 11.9 Å². The second-order valence-corrected chi connectivity index (χ2v) is 9.40. The molecule has 0 saturated heterocycles. The van der Waals surface area contributed by atoms with Crippen molar-refractivity contribution in [1.82, 2.24) is 24.6 Å². The molecule has 3 heterocycles. The molecule has 2 aromatic carbocycles. The Morgan fingerprint density at radius 2 is 1.93 bits per heavy atom. The molecule has 5 rings (SSSR count). The van der Waals surface area contributed by atoms with Crippen molar-refractivity contribution < 1.29 is 4.79 Å². The van der Waals surface area contributed by atoms with Crippen LogP contribution in [-0.2, 0) is 7.05 Å². The molecule has 9 nitrogen and oxygen atoms in total. The summed E-state index contributed by atoms with van der Waals surface area (Å²) in [5, 5.41) is 11.5. The van der Waals surface area contributed by atoms with Gasteiger partial charge in [0.25, 0.3) is 11.5 Å². The number of para-hydroxylation sites is 1. The zero-order chi connectivity index (χ0) is 28.9. The molecule has 3 aromatic heterocycles. The highest BCUT2D eigenvalue weighted by molar-refractivity contribution is 6.03. The van der Waals surface area contributed by atoms with Crippen molar-refractivity contribution in [3.05, 3.63) is 125 Å². The fraction of sp³-hybridized carbons (Fsp3) is 0.125. The summed E-state index contributed by atoms with van der Waals surface area (Å²) in [7, 11) is 1.70. The highest BCUT2D eigenvalue weighted by Gasteiger charge is 2.25. The molecule has 1 amide bonds. The molecule has 1 atom stereocenters. The number of carbonyl (C=O) groups excluding carboxylic acids is 1. The summed E-state index contributed by atoms with van der Waals surface area (Å²) >= 11 is 0. The maximum absolute atomic E-state index is 14.2. The van der Waals surface area contributed by atoms with E-state index in [9.17, 15) is 9.59 Å². The summed E-state index contributed by atoms with van der Waals surface area (Å²) < 4.78 is 3.13. The summed E-state index contributed by atoms with van der Waals surface area (Å²) in [4.78, 5) is 31.8. The summed E-state index contributed by atoms with van der Waals surface area (Å²) in [6.45, 7) is 5.97. The third-order valence-corrected chi connectivity index (χ3v) is 6.60. The predicted molar refractivity (Wildman–Crippen MR) is 162 cm³/mol. The molecule has 0 spiro atoms. The Hall–Kier alpha value is -5.62. The van der Waals surface area contributed by atoms with Crippen molar-refractivity contribution in [2.45, 2.75) is 13.0 Å². The van der Waals surface area contributed by atoms with Crippen LogP contribution in [0.5, 0.6) is 0 Å². The van der Waals surface area contributed by atoms with E-state index >= 15 is 0 Å². The smallest absolute Gasteiger partial charge is 0.264 e. The molecule has 0 aliphatic carbocycles. The summed E-state index contributed by atoms with van der Waals surface area (Å²) in [5.74, 6) is 6.40. The van der Waals surface area contributed by atoms with E-state index in [4.69, 9.17) is 5.73 Å². The normalized spacial score (nSPS) is 11.4. The van der Waals surface area contributed by atoms with Gasteiger partial charge in [0.05, 0.1) is 11.4 Å². The fourth-order valence-corrected chi connectivity index (χ4v) is 4.71. The molecule has 0 aliphatic rings. The first kappa shape index (κ1) is 27.0. The average molecular weight is 544 g/mol. The van der Waals surface area contributed by atoms with Crippen LogP contribution in [0.2, 0.25) is 0 Å². The number of aryl methyl sites for hydroxylation is 1. The minimum atomic E-state index is -0.572. The van der Waals surface area contributed by atoms with Crippen molar-refractivity contribution in [3.63, 3.8) is 0 Å². The predicted octanol–water partition coefficient (Wildman–Crippen LogP) is 4.19. The molecular formula is C32H29N7O2. The molecule has 41 heavy (non-hydrogen) atoms. The lowest BCUT2D eigenvalue weighted by molar-refractivity contribution is 0.0940. The molecule has 0 radical (unpaired) electrons. The number of hydrogen-bond donors (Lipinski definition) is 3. The van der Waals surface area contributed by atoms with Crippen molar-refractivity contribution in [2.75, 3.05) is 17.6 Å². The largest absolute Gasteiger partial charge is 0.381 e. The van der Waals surface area contributed by atoms with Gasteiger partial charge in [-0.15, -0.1) is 6.58 Å². The van der Waals surface area contributed by atoms with E-state index in [1.54, 1.807) is 30.1 Å². The molecule has 4 N–H and O–H groups in total. The molecule has 0 bridgehead atoms. The lowest BCUT2D eigenvalue weighted by atomic mass is 10.0. The number of benzene rings is 2. The minimum Gasteiger partial charge on any atom is -0.381 e. The summed E-state index contributed by atoms with van der Waals surface area (Å²) in [5.41, 5.74) is 8.71. The average Bonchev–Trinajstić information content (AvgIpc) is 3.27. The Morgan fingerprint density at radius 3 is 2.66 bits per heavy atom. The summed E-state index contributed by atoms with van der Waals surface area (Å²) in [6, 6.07) is 19.9. The van der Waals surface area contributed by atoms with Gasteiger partial charge in [-0.3, -0.25) is 23.8 Å². The molecule has 0 saturated carbocycles. The Kier molecular flexibility index (Phi) is 7.65. The number of nitrogens with zero attached hydrogens (tertiary/aromatic N) is 4. The van der Waals surface area contributed by atoms with Crippen LogP contribution in [0.1, 0.15) is 40.1 Å². The van der Waals surface area contributed by atoms with Crippen LogP contribution in [0.3, 0.4) is 0 Å². The molecular weight excluding hydrogens is 514 g/mol. The Balaban J connectivity index is 1.62. The zero-order valence-corrected chi connectivity index (χ0v) is 22.8. The molecule has 9 heteroatoms. The Labute approximate surface area is 237 Å². The van der Waals surface area contributed by atoms with Crippen molar-refractivity contribution in [2.24, 2.45) is 7.05 Å². The van der Waals surface area contributed by atoms with Gasteiger partial charge in [0, 0.05) is 48.5 Å². The first-order chi connectivity index (χ1) is 19.9. The number of aromatic nitrogens is 4. The number of carbonyl (C=O) groups is 1. The Morgan fingerprint density at radius 1 is 1.12 bits per heavy atom. The molecule has 5 aromatic rings. The lowest BCUT2D eigenvalue weighted by Crippen LogP contribution is -2.32. The van der Waals surface area contributed by atoms with Gasteiger partial charge >= 0.3 is 0 Å². The van der Waals surface area contributed by atoms with E-state index in [1.165, 1.54) is 4.68 Å². The van der Waals surface area contributed by atoms with E-state index in [0.717, 1.165) is 5.56 Å². The number of nitrogens with one attached hydrogen (secondary N) is 2. The number of anilines is 2. The molecule has 0 aliphatic heterocycles. The monoisotopic (exact) mass is 543 g/mol. The number of nitrogen functional groups attached to an aromatic ring is 1. The first-order valence-electron chi connectivity index (χ1n) is 13.0. The third-order valence-electron chi connectivity index (χ3n) is 6.60. The van der Waals surface area contributed by atoms with Crippen molar-refractivity contribution >= 4 is 28.3 Å². The molecule has 0 fully saturated rings. The van der Waals surface area contributed by atoms with Gasteiger partial charge in [0.1, 0.15) is 11.4 Å². The quantitative estimate of drug-likeness (QED) is 0.209. The van der Waals surface area contributed by atoms with Crippen LogP contribution < -0.4 is 21.9 Å².